The minimum absolute atomic E-state index is 0.0536. The zero-order valence-electron chi connectivity index (χ0n) is 41.4. The van der Waals surface area contributed by atoms with Crippen molar-refractivity contribution in [2.24, 2.45) is 0 Å². The topological polar surface area (TPSA) is 112 Å². The SMILES string of the molecule is CCCCCCCC(CSCCCCC)OC(=O)Cc1ccc(OC(=O)CCN2CCN(CCC(=O)Oc3ccc(CC(=O)OC(CCCCCCC)CSCCCCC)cc3)CC2)cc1. The number of carbonyl (C=O) groups is 4. The first-order chi connectivity index (χ1) is 32.2. The van der Waals surface area contributed by atoms with E-state index in [1.54, 1.807) is 24.3 Å². The molecule has 1 fully saturated rings. The molecule has 2 unspecified atom stereocenters. The monoisotopic (exact) mass is 955 g/mol. The lowest BCUT2D eigenvalue weighted by atomic mass is 10.1. The summed E-state index contributed by atoms with van der Waals surface area (Å²) in [6.45, 7) is 13.3. The molecule has 0 bridgehead atoms. The maximum Gasteiger partial charge on any atom is 0.312 e. The zero-order chi connectivity index (χ0) is 47.5. The van der Waals surface area contributed by atoms with Crippen molar-refractivity contribution in [1.82, 2.24) is 9.80 Å². The summed E-state index contributed by atoms with van der Waals surface area (Å²) < 4.78 is 23.2. The van der Waals surface area contributed by atoms with Gasteiger partial charge in [0.25, 0.3) is 0 Å². The van der Waals surface area contributed by atoms with Crippen molar-refractivity contribution in [1.29, 1.82) is 0 Å². The van der Waals surface area contributed by atoms with Gasteiger partial charge in [0.1, 0.15) is 23.7 Å². The molecule has 0 amide bonds. The maximum absolute atomic E-state index is 12.9. The molecule has 0 aliphatic carbocycles. The lowest BCUT2D eigenvalue weighted by molar-refractivity contribution is -0.148. The molecule has 0 spiro atoms. The van der Waals surface area contributed by atoms with Gasteiger partial charge in [-0.15, -0.1) is 0 Å². The predicted octanol–water partition coefficient (Wildman–Crippen LogP) is 12.1. The second-order valence-electron chi connectivity index (χ2n) is 18.0. The average Bonchev–Trinajstić information content (AvgIpc) is 3.31. The minimum atomic E-state index is -0.293. The van der Waals surface area contributed by atoms with E-state index in [1.807, 2.05) is 47.8 Å². The number of nitrogens with zero attached hydrogens (tertiary/aromatic N) is 2. The number of hydrogen-bond donors (Lipinski definition) is 0. The Bertz CT molecular complexity index is 1440. The second kappa shape index (κ2) is 36.9. The van der Waals surface area contributed by atoms with Crippen LogP contribution in [0.4, 0.5) is 0 Å². The number of benzene rings is 2. The number of esters is 4. The number of ether oxygens (including phenoxy) is 4. The molecule has 0 N–H and O–H groups in total. The van der Waals surface area contributed by atoms with Crippen molar-refractivity contribution in [3.05, 3.63) is 59.7 Å². The smallest absolute Gasteiger partial charge is 0.312 e. The van der Waals surface area contributed by atoms with Gasteiger partial charge < -0.3 is 28.7 Å². The molecule has 2 atom stereocenters. The van der Waals surface area contributed by atoms with Gasteiger partial charge >= 0.3 is 23.9 Å². The first kappa shape index (κ1) is 57.3. The Balaban J connectivity index is 1.30. The van der Waals surface area contributed by atoms with Crippen molar-refractivity contribution >= 4 is 47.4 Å². The fraction of sp³-hybridized carbons (Fsp3) is 0.704. The molecule has 12 heteroatoms. The highest BCUT2D eigenvalue weighted by molar-refractivity contribution is 7.99. The third kappa shape index (κ3) is 27.7. The van der Waals surface area contributed by atoms with E-state index in [0.717, 1.165) is 86.0 Å². The third-order valence-electron chi connectivity index (χ3n) is 12.0. The molecule has 1 heterocycles. The fourth-order valence-corrected chi connectivity index (χ4v) is 10.0. The van der Waals surface area contributed by atoms with Gasteiger partial charge in [-0.05, 0) is 85.4 Å². The van der Waals surface area contributed by atoms with Gasteiger partial charge in [0.15, 0.2) is 0 Å². The van der Waals surface area contributed by atoms with E-state index in [-0.39, 0.29) is 61.8 Å². The Hall–Kier alpha value is -3.06. The normalized spacial score (nSPS) is 14.1. The summed E-state index contributed by atoms with van der Waals surface area (Å²) in [6.07, 6.45) is 21.9. The molecule has 0 radical (unpaired) electrons. The van der Waals surface area contributed by atoms with E-state index >= 15 is 0 Å². The molecule has 0 aromatic heterocycles. The van der Waals surface area contributed by atoms with Crippen molar-refractivity contribution in [3.63, 3.8) is 0 Å². The molecule has 1 aliphatic heterocycles. The molecule has 10 nitrogen and oxygen atoms in total. The molecule has 0 saturated carbocycles. The highest BCUT2D eigenvalue weighted by atomic mass is 32.2. The Kier molecular flexibility index (Phi) is 32.0. The predicted molar refractivity (Wildman–Crippen MR) is 274 cm³/mol. The summed E-state index contributed by atoms with van der Waals surface area (Å²) >= 11 is 3.78. The second-order valence-corrected chi connectivity index (χ2v) is 20.3. The van der Waals surface area contributed by atoms with Crippen LogP contribution >= 0.6 is 23.5 Å². The highest BCUT2D eigenvalue weighted by Gasteiger charge is 2.21. The standard InChI is InChI=1S/C54H86N2O8S2/c1-5-9-13-15-17-21-49(43-65-39-19-11-7-3)63-53(59)41-45-23-27-47(28-24-45)61-51(57)31-33-55-35-37-56(38-36-55)34-32-52(58)62-48-29-25-46(26-30-48)42-54(60)64-50(22-18-16-14-10-6-2)44-66-40-20-12-8-4/h23-30,49-50H,5-22,31-44H2,1-4H3. The molecular formula is C54H86N2O8S2. The largest absolute Gasteiger partial charge is 0.461 e. The fourth-order valence-electron chi connectivity index (χ4n) is 7.88. The number of piperazine rings is 1. The number of hydrogen-bond acceptors (Lipinski definition) is 12. The van der Waals surface area contributed by atoms with Crippen LogP contribution < -0.4 is 9.47 Å². The Morgan fingerprint density at radius 3 is 1.18 bits per heavy atom. The van der Waals surface area contributed by atoms with E-state index in [1.165, 1.54) is 89.9 Å². The summed E-state index contributed by atoms with van der Waals surface area (Å²) in [7, 11) is 0. The molecule has 372 valence electrons. The Morgan fingerprint density at radius 1 is 0.470 bits per heavy atom. The first-order valence-electron chi connectivity index (χ1n) is 25.8. The van der Waals surface area contributed by atoms with Crippen LogP contribution in [0.1, 0.15) is 167 Å². The Morgan fingerprint density at radius 2 is 0.818 bits per heavy atom. The van der Waals surface area contributed by atoms with E-state index < -0.39 is 0 Å². The van der Waals surface area contributed by atoms with Gasteiger partial charge in [-0.25, -0.2) is 0 Å². The van der Waals surface area contributed by atoms with E-state index in [0.29, 0.717) is 24.6 Å². The van der Waals surface area contributed by atoms with Crippen LogP contribution in [0.3, 0.4) is 0 Å². The van der Waals surface area contributed by atoms with Gasteiger partial charge in [0.2, 0.25) is 0 Å². The number of rotatable bonds is 38. The zero-order valence-corrected chi connectivity index (χ0v) is 43.0. The van der Waals surface area contributed by atoms with Crippen LogP contribution in [0.25, 0.3) is 0 Å². The maximum atomic E-state index is 12.9. The number of thioether (sulfide) groups is 2. The Labute approximate surface area is 408 Å². The molecule has 2 aromatic carbocycles. The minimum Gasteiger partial charge on any atom is -0.461 e. The molecule has 66 heavy (non-hydrogen) atoms. The summed E-state index contributed by atoms with van der Waals surface area (Å²) in [5.41, 5.74) is 1.67. The third-order valence-corrected chi connectivity index (χ3v) is 14.4. The van der Waals surface area contributed by atoms with Crippen LogP contribution in [-0.2, 0) is 41.5 Å². The van der Waals surface area contributed by atoms with Gasteiger partial charge in [0, 0.05) is 50.8 Å². The number of unbranched alkanes of at least 4 members (excludes halogenated alkanes) is 12. The van der Waals surface area contributed by atoms with Crippen molar-refractivity contribution < 1.29 is 38.1 Å². The molecular weight excluding hydrogens is 869 g/mol. The van der Waals surface area contributed by atoms with Crippen LogP contribution in [0, 0.1) is 0 Å². The first-order valence-corrected chi connectivity index (χ1v) is 28.1. The summed E-state index contributed by atoms with van der Waals surface area (Å²) in [5, 5.41) is 0. The van der Waals surface area contributed by atoms with Gasteiger partial charge in [0.05, 0.1) is 25.7 Å². The molecule has 1 saturated heterocycles. The van der Waals surface area contributed by atoms with Gasteiger partial charge in [-0.1, -0.05) is 129 Å². The quantitative estimate of drug-likeness (QED) is 0.0363. The lowest BCUT2D eigenvalue weighted by Crippen LogP contribution is -2.47. The molecule has 2 aromatic rings. The van der Waals surface area contributed by atoms with Crippen LogP contribution in [-0.4, -0.2) is 108 Å². The van der Waals surface area contributed by atoms with Crippen molar-refractivity contribution in [3.8, 4) is 11.5 Å². The lowest BCUT2D eigenvalue weighted by Gasteiger charge is -2.34. The highest BCUT2D eigenvalue weighted by Crippen LogP contribution is 2.21. The van der Waals surface area contributed by atoms with Gasteiger partial charge in [-0.2, -0.15) is 23.5 Å². The summed E-state index contributed by atoms with van der Waals surface area (Å²) in [4.78, 5) is 55.8. The van der Waals surface area contributed by atoms with Crippen molar-refractivity contribution in [2.75, 3.05) is 62.3 Å². The number of carbonyl (C=O) groups excluding carboxylic acids is 4. The van der Waals surface area contributed by atoms with E-state index in [4.69, 9.17) is 18.9 Å². The molecule has 1 aliphatic rings. The average molecular weight is 955 g/mol. The molecule has 3 rings (SSSR count). The summed E-state index contributed by atoms with van der Waals surface area (Å²) in [5.74, 6) is 3.84. The van der Waals surface area contributed by atoms with Crippen LogP contribution in [0.2, 0.25) is 0 Å². The van der Waals surface area contributed by atoms with Gasteiger partial charge in [-0.3, -0.25) is 19.2 Å². The van der Waals surface area contributed by atoms with Crippen molar-refractivity contribution in [2.45, 2.75) is 181 Å². The van der Waals surface area contributed by atoms with Crippen LogP contribution in [0.15, 0.2) is 48.5 Å². The van der Waals surface area contributed by atoms with Crippen LogP contribution in [0.5, 0.6) is 11.5 Å². The van der Waals surface area contributed by atoms with E-state index in [9.17, 15) is 19.2 Å². The summed E-state index contributed by atoms with van der Waals surface area (Å²) in [6, 6.07) is 14.3. The van der Waals surface area contributed by atoms with E-state index in [2.05, 4.69) is 37.5 Å².